The van der Waals surface area contributed by atoms with Gasteiger partial charge in [-0.3, -0.25) is 0 Å². The second-order valence-electron chi connectivity index (χ2n) is 8.85. The molecule has 0 N–H and O–H groups in total. The molecule has 3 rings (SSSR count). The maximum atomic E-state index is 13.3. The predicted molar refractivity (Wildman–Crippen MR) is 129 cm³/mol. The number of hydrogen-bond donors (Lipinski definition) is 0. The van der Waals surface area contributed by atoms with Crippen molar-refractivity contribution in [2.45, 2.75) is 53.1 Å². The first-order valence-corrected chi connectivity index (χ1v) is 11.0. The third kappa shape index (κ3) is 4.45. The van der Waals surface area contributed by atoms with E-state index >= 15 is 0 Å². The van der Waals surface area contributed by atoms with Crippen LogP contribution in [0.4, 0.5) is 0 Å². The summed E-state index contributed by atoms with van der Waals surface area (Å²) in [7, 11) is 2.61. The molecular weight excluding hydrogens is 416 g/mol. The molecule has 0 unspecified atom stereocenters. The fourth-order valence-electron chi connectivity index (χ4n) is 4.94. The highest BCUT2D eigenvalue weighted by atomic mass is 16.6. The van der Waals surface area contributed by atoms with Gasteiger partial charge in [0.1, 0.15) is 0 Å². The molecule has 1 aliphatic rings. The van der Waals surface area contributed by atoms with Crippen molar-refractivity contribution in [3.8, 4) is 0 Å². The third-order valence-corrected chi connectivity index (χ3v) is 6.23. The van der Waals surface area contributed by atoms with Crippen LogP contribution in [0.3, 0.4) is 0 Å². The lowest BCUT2D eigenvalue weighted by Crippen LogP contribution is -2.43. The van der Waals surface area contributed by atoms with Gasteiger partial charge in [-0.25, -0.2) is 9.59 Å². The molecule has 2 aromatic rings. The van der Waals surface area contributed by atoms with Crippen molar-refractivity contribution in [1.29, 1.82) is 0 Å². The summed E-state index contributed by atoms with van der Waals surface area (Å²) in [5.41, 5.74) is 6.84. The number of carbonyl (C=O) groups is 2. The highest BCUT2D eigenvalue weighted by Gasteiger charge is 2.54. The summed E-state index contributed by atoms with van der Waals surface area (Å²) in [5.74, 6) is -1.79. The van der Waals surface area contributed by atoms with Crippen molar-refractivity contribution in [2.75, 3.05) is 14.2 Å². The maximum Gasteiger partial charge on any atom is 0.373 e. The Bertz CT molecular complexity index is 1120. The summed E-state index contributed by atoms with van der Waals surface area (Å²) in [6, 6.07) is 8.31. The molecule has 0 radical (unpaired) electrons. The quantitative estimate of drug-likeness (QED) is 0.579. The first kappa shape index (κ1) is 24.3. The van der Waals surface area contributed by atoms with E-state index in [0.29, 0.717) is 0 Å². The summed E-state index contributed by atoms with van der Waals surface area (Å²) in [5, 5.41) is 0. The van der Waals surface area contributed by atoms with Crippen LogP contribution in [0.15, 0.2) is 42.2 Å². The summed E-state index contributed by atoms with van der Waals surface area (Å²) in [6.07, 6.45) is 5.28. The van der Waals surface area contributed by atoms with Gasteiger partial charge in [0.2, 0.25) is 11.4 Å². The molecule has 174 valence electrons. The Morgan fingerprint density at radius 1 is 0.848 bits per heavy atom. The molecule has 5 nitrogen and oxygen atoms in total. The van der Waals surface area contributed by atoms with Gasteiger partial charge in [-0.2, -0.15) is 0 Å². The molecule has 2 atom stereocenters. The molecule has 1 heterocycles. The molecule has 33 heavy (non-hydrogen) atoms. The molecule has 0 aromatic heterocycles. The Hall–Kier alpha value is -3.34. The van der Waals surface area contributed by atoms with Gasteiger partial charge in [0.05, 0.1) is 20.1 Å². The number of hydrogen-bond acceptors (Lipinski definition) is 5. The van der Waals surface area contributed by atoms with E-state index in [9.17, 15) is 9.59 Å². The van der Waals surface area contributed by atoms with Crippen LogP contribution in [0.2, 0.25) is 0 Å². The zero-order chi connectivity index (χ0) is 24.5. The molecule has 0 spiro atoms. The van der Waals surface area contributed by atoms with Crippen LogP contribution in [-0.2, 0) is 23.8 Å². The van der Waals surface area contributed by atoms with Gasteiger partial charge in [-0.15, -0.1) is 0 Å². The van der Waals surface area contributed by atoms with Crippen LogP contribution < -0.4 is 0 Å². The number of ether oxygens (including phenoxy) is 3. The van der Waals surface area contributed by atoms with Crippen molar-refractivity contribution in [3.05, 3.63) is 86.7 Å². The molecule has 0 saturated carbocycles. The van der Waals surface area contributed by atoms with E-state index in [1.807, 2.05) is 40.7 Å². The Morgan fingerprint density at radius 3 is 1.85 bits per heavy atom. The first-order chi connectivity index (χ1) is 15.5. The van der Waals surface area contributed by atoms with Crippen molar-refractivity contribution < 1.29 is 23.8 Å². The van der Waals surface area contributed by atoms with E-state index < -0.39 is 23.5 Å². The Morgan fingerprint density at radius 2 is 1.36 bits per heavy atom. The van der Waals surface area contributed by atoms with Crippen molar-refractivity contribution in [1.82, 2.24) is 0 Å². The van der Waals surface area contributed by atoms with Gasteiger partial charge in [-0.1, -0.05) is 41.5 Å². The lowest BCUT2D eigenvalue weighted by atomic mass is 9.78. The molecule has 0 fully saturated rings. The van der Waals surface area contributed by atoms with Crippen molar-refractivity contribution >= 4 is 18.0 Å². The van der Waals surface area contributed by atoms with Crippen LogP contribution in [0.25, 0.3) is 6.08 Å². The first-order valence-electron chi connectivity index (χ1n) is 11.0. The van der Waals surface area contributed by atoms with Crippen LogP contribution in [0.5, 0.6) is 0 Å². The molecule has 0 amide bonds. The van der Waals surface area contributed by atoms with E-state index in [1.165, 1.54) is 19.8 Å². The summed E-state index contributed by atoms with van der Waals surface area (Å²) in [6.45, 7) is 12.1. The van der Waals surface area contributed by atoms with E-state index in [-0.39, 0.29) is 5.76 Å². The second kappa shape index (κ2) is 9.26. The predicted octanol–water partition coefficient (Wildman–Crippen LogP) is 5.33. The fraction of sp³-hybridized carbons (Fsp3) is 0.357. The van der Waals surface area contributed by atoms with Gasteiger partial charge in [0.25, 0.3) is 0 Å². The minimum Gasteiger partial charge on any atom is -0.466 e. The second-order valence-corrected chi connectivity index (χ2v) is 8.85. The molecule has 5 heteroatoms. The van der Waals surface area contributed by atoms with E-state index in [1.54, 1.807) is 12.2 Å². The lowest BCUT2D eigenvalue weighted by molar-refractivity contribution is -0.160. The summed E-state index contributed by atoms with van der Waals surface area (Å²) >= 11 is 0. The number of methoxy groups -OCH3 is 2. The SMILES string of the molecule is COC(=O)C1=C[C@@H](c2c(C)cc(C)cc2C)[C@](/C=C/c2c(C)cc(C)cc2C)(C(=O)OC)O1. The van der Waals surface area contributed by atoms with Gasteiger partial charge in [-0.05, 0) is 87.1 Å². The Kier molecular flexibility index (Phi) is 6.82. The smallest absolute Gasteiger partial charge is 0.373 e. The zero-order valence-electron chi connectivity index (χ0n) is 20.7. The molecular formula is C28H32O5. The highest BCUT2D eigenvalue weighted by Crippen LogP contribution is 2.46. The highest BCUT2D eigenvalue weighted by molar-refractivity contribution is 5.93. The monoisotopic (exact) mass is 448 g/mol. The van der Waals surface area contributed by atoms with E-state index in [2.05, 4.69) is 31.2 Å². The molecule has 1 aliphatic heterocycles. The largest absolute Gasteiger partial charge is 0.466 e. The molecule has 0 bridgehead atoms. The molecule has 0 saturated heterocycles. The number of rotatable bonds is 5. The minimum atomic E-state index is -1.55. The average Bonchev–Trinajstić information content (AvgIpc) is 3.11. The third-order valence-electron chi connectivity index (χ3n) is 6.23. The van der Waals surface area contributed by atoms with E-state index in [4.69, 9.17) is 14.2 Å². The standard InChI is InChI=1S/C28H32O5/c1-16-11-18(3)22(19(4)12-16)9-10-28(27(30)32-8)23(15-24(33-28)26(29)31-7)25-20(5)13-17(2)14-21(25)6/h9-15,23H,1-8H3/b10-9+/t23-,28+/m0/s1. The van der Waals surface area contributed by atoms with Gasteiger partial charge >= 0.3 is 11.9 Å². The topological polar surface area (TPSA) is 61.8 Å². The average molecular weight is 449 g/mol. The van der Waals surface area contributed by atoms with Gasteiger partial charge in [0, 0.05) is 0 Å². The van der Waals surface area contributed by atoms with Crippen molar-refractivity contribution in [3.63, 3.8) is 0 Å². The zero-order valence-corrected chi connectivity index (χ0v) is 20.7. The summed E-state index contributed by atoms with van der Waals surface area (Å²) < 4.78 is 16.2. The van der Waals surface area contributed by atoms with Crippen LogP contribution in [0.1, 0.15) is 50.4 Å². The Balaban J connectivity index is 2.26. The molecule has 2 aromatic carbocycles. The van der Waals surface area contributed by atoms with Crippen LogP contribution in [-0.4, -0.2) is 31.8 Å². The number of carbonyl (C=O) groups excluding carboxylic acids is 2. The Labute approximate surface area is 196 Å². The fourth-order valence-corrected chi connectivity index (χ4v) is 4.94. The number of aryl methyl sites for hydroxylation is 6. The normalized spacial score (nSPS) is 19.9. The maximum absolute atomic E-state index is 13.3. The minimum absolute atomic E-state index is 0.00530. The molecule has 0 aliphatic carbocycles. The number of benzene rings is 2. The van der Waals surface area contributed by atoms with Crippen molar-refractivity contribution in [2.24, 2.45) is 0 Å². The lowest BCUT2D eigenvalue weighted by Gasteiger charge is -2.31. The van der Waals surface area contributed by atoms with Crippen LogP contribution >= 0.6 is 0 Å². The van der Waals surface area contributed by atoms with Crippen LogP contribution in [0, 0.1) is 41.5 Å². The van der Waals surface area contributed by atoms with Gasteiger partial charge < -0.3 is 14.2 Å². The van der Waals surface area contributed by atoms with Gasteiger partial charge in [0.15, 0.2) is 0 Å². The summed E-state index contributed by atoms with van der Waals surface area (Å²) in [4.78, 5) is 25.8. The number of esters is 2. The van der Waals surface area contributed by atoms with E-state index in [0.717, 1.165) is 38.9 Å².